The van der Waals surface area contributed by atoms with Gasteiger partial charge in [-0.05, 0) is 30.2 Å². The Hall–Kier alpha value is -3.78. The molecule has 0 aliphatic rings. The molecule has 31 heavy (non-hydrogen) atoms. The minimum absolute atomic E-state index is 0.0374. The maximum absolute atomic E-state index is 12.9. The Morgan fingerprint density at radius 2 is 1.39 bits per heavy atom. The van der Waals surface area contributed by atoms with E-state index in [1.165, 1.54) is 23.0 Å². The molecule has 1 aromatic heterocycles. The van der Waals surface area contributed by atoms with Crippen LogP contribution in [-0.2, 0) is 10.0 Å². The minimum atomic E-state index is -4.11. The molecule has 3 aromatic carbocycles. The second-order valence-corrected chi connectivity index (χ2v) is 8.81. The van der Waals surface area contributed by atoms with E-state index in [1.807, 2.05) is 72.3 Å². The summed E-state index contributed by atoms with van der Waals surface area (Å²) in [6, 6.07) is 23.6. The van der Waals surface area contributed by atoms with Gasteiger partial charge >= 0.3 is 6.03 Å². The third-order valence-electron chi connectivity index (χ3n) is 4.94. The zero-order valence-electron chi connectivity index (χ0n) is 16.7. The third kappa shape index (κ3) is 4.10. The largest absolute Gasteiger partial charge is 0.492 e. The Bertz CT molecular complexity index is 1250. The molecule has 4 rings (SSSR count). The van der Waals surface area contributed by atoms with Crippen molar-refractivity contribution in [2.45, 2.75) is 17.9 Å². The molecule has 7 nitrogen and oxygen atoms in total. The number of nitrogens with zero attached hydrogens (tertiary/aromatic N) is 2. The first kappa shape index (κ1) is 20.5. The van der Waals surface area contributed by atoms with Crippen LogP contribution in [0.2, 0.25) is 0 Å². The lowest BCUT2D eigenvalue weighted by atomic mass is 9.99. The molecule has 0 saturated heterocycles. The molecule has 0 atom stereocenters. The van der Waals surface area contributed by atoms with E-state index >= 15 is 0 Å². The van der Waals surface area contributed by atoms with Crippen LogP contribution >= 0.6 is 0 Å². The molecule has 0 radical (unpaired) electrons. The van der Waals surface area contributed by atoms with Gasteiger partial charge in [0, 0.05) is 0 Å². The van der Waals surface area contributed by atoms with Gasteiger partial charge in [0.15, 0.2) is 0 Å². The summed E-state index contributed by atoms with van der Waals surface area (Å²) in [6.45, 7) is 1.84. The number of benzene rings is 3. The smallest absolute Gasteiger partial charge is 0.357 e. The number of aryl methyl sites for hydroxylation is 1. The summed E-state index contributed by atoms with van der Waals surface area (Å²) in [6.07, 6.45) is 1.39. The van der Waals surface area contributed by atoms with Crippen molar-refractivity contribution in [2.75, 3.05) is 0 Å². The lowest BCUT2D eigenvalue weighted by Gasteiger charge is -2.29. The summed E-state index contributed by atoms with van der Waals surface area (Å²) in [5.41, 5.74) is 2.64. The minimum Gasteiger partial charge on any atom is -0.492 e. The SMILES string of the molecule is Cc1ccc(S(=O)(=O)NC(=O)n2c(O)cn2C(c2ccccc2)c2ccccc2)cc1. The fourth-order valence-electron chi connectivity index (χ4n) is 3.39. The van der Waals surface area contributed by atoms with E-state index in [9.17, 15) is 18.3 Å². The Labute approximate surface area is 180 Å². The van der Waals surface area contributed by atoms with E-state index in [-0.39, 0.29) is 10.8 Å². The molecule has 0 saturated carbocycles. The van der Waals surface area contributed by atoms with E-state index in [0.29, 0.717) is 0 Å². The van der Waals surface area contributed by atoms with Crippen molar-refractivity contribution in [3.05, 3.63) is 108 Å². The number of hydrogen-bond acceptors (Lipinski definition) is 4. The topological polar surface area (TPSA) is 93.3 Å². The summed E-state index contributed by atoms with van der Waals surface area (Å²) in [5.74, 6) is -0.353. The maximum Gasteiger partial charge on any atom is 0.357 e. The van der Waals surface area contributed by atoms with Crippen LogP contribution in [0.1, 0.15) is 22.7 Å². The van der Waals surface area contributed by atoms with Gasteiger partial charge in [-0.3, -0.25) is 4.68 Å². The van der Waals surface area contributed by atoms with E-state index in [4.69, 9.17) is 0 Å². The Morgan fingerprint density at radius 1 is 0.871 bits per heavy atom. The van der Waals surface area contributed by atoms with Crippen molar-refractivity contribution in [1.82, 2.24) is 14.1 Å². The molecule has 0 spiro atoms. The molecule has 8 heteroatoms. The first-order chi connectivity index (χ1) is 14.9. The summed E-state index contributed by atoms with van der Waals surface area (Å²) < 4.78 is 29.7. The van der Waals surface area contributed by atoms with Crippen molar-refractivity contribution in [2.24, 2.45) is 0 Å². The van der Waals surface area contributed by atoms with Gasteiger partial charge in [-0.25, -0.2) is 17.9 Å². The fraction of sp³-hybridized carbons (Fsp3) is 0.0870. The highest BCUT2D eigenvalue weighted by Crippen LogP contribution is 2.30. The van der Waals surface area contributed by atoms with Crippen molar-refractivity contribution in [3.63, 3.8) is 0 Å². The summed E-state index contributed by atoms with van der Waals surface area (Å²) >= 11 is 0. The normalized spacial score (nSPS) is 11.5. The summed E-state index contributed by atoms with van der Waals surface area (Å²) in [7, 11) is -4.11. The van der Waals surface area contributed by atoms with E-state index in [2.05, 4.69) is 0 Å². The average Bonchev–Trinajstić information content (AvgIpc) is 2.74. The number of hydrogen-bond donors (Lipinski definition) is 2. The standard InChI is InChI=1S/C23H21N3O4S/c1-17-12-14-20(15-13-17)31(29,30)24-23(28)26-21(27)16-25(26)22(18-8-4-2-5-9-18)19-10-6-3-7-11-19/h2-16,22,27H,1H3,(H,24,28). The van der Waals surface area contributed by atoms with Crippen LogP contribution in [0.25, 0.3) is 0 Å². The number of carbonyl (C=O) groups excluding carboxylic acids is 1. The number of aromatic hydroxyl groups is 1. The molecule has 2 N–H and O–H groups in total. The fourth-order valence-corrected chi connectivity index (χ4v) is 4.32. The quantitative estimate of drug-likeness (QED) is 0.497. The highest BCUT2D eigenvalue weighted by molar-refractivity contribution is 7.90. The van der Waals surface area contributed by atoms with Crippen LogP contribution < -0.4 is 4.72 Å². The Balaban J connectivity index is 1.70. The molecule has 0 aliphatic heterocycles. The van der Waals surface area contributed by atoms with Crippen LogP contribution in [0, 0.1) is 6.92 Å². The summed E-state index contributed by atoms with van der Waals surface area (Å²) in [5, 5.41) is 10.2. The van der Waals surface area contributed by atoms with Crippen LogP contribution in [0.4, 0.5) is 4.79 Å². The number of sulfonamides is 1. The summed E-state index contributed by atoms with van der Waals surface area (Å²) in [4.78, 5) is 12.8. The number of nitrogens with one attached hydrogen (secondary N) is 1. The molecule has 1 amide bonds. The van der Waals surface area contributed by atoms with E-state index < -0.39 is 22.1 Å². The van der Waals surface area contributed by atoms with Gasteiger partial charge < -0.3 is 5.11 Å². The molecular formula is C23H21N3O4S. The van der Waals surface area contributed by atoms with E-state index in [0.717, 1.165) is 21.4 Å². The predicted octanol–water partition coefficient (Wildman–Crippen LogP) is 3.89. The predicted molar refractivity (Wildman–Crippen MR) is 117 cm³/mol. The van der Waals surface area contributed by atoms with E-state index in [1.54, 1.807) is 12.1 Å². The molecule has 4 aromatic rings. The maximum atomic E-state index is 12.9. The first-order valence-electron chi connectivity index (χ1n) is 9.59. The lowest BCUT2D eigenvalue weighted by molar-refractivity contribution is 0.225. The van der Waals surface area contributed by atoms with Crippen LogP contribution in [0.5, 0.6) is 5.88 Å². The second kappa shape index (κ2) is 8.16. The monoisotopic (exact) mass is 435 g/mol. The van der Waals surface area contributed by atoms with Crippen LogP contribution in [0.3, 0.4) is 0 Å². The first-order valence-corrected chi connectivity index (χ1v) is 11.1. The van der Waals surface area contributed by atoms with Gasteiger partial charge in [-0.1, -0.05) is 78.4 Å². The number of aromatic nitrogens is 2. The second-order valence-electron chi connectivity index (χ2n) is 7.13. The average molecular weight is 436 g/mol. The number of amides is 1. The van der Waals surface area contributed by atoms with Crippen LogP contribution in [0.15, 0.2) is 96.0 Å². The number of rotatable bonds is 5. The van der Waals surface area contributed by atoms with Gasteiger partial charge in [0.1, 0.15) is 6.04 Å². The molecular weight excluding hydrogens is 414 g/mol. The lowest BCUT2D eigenvalue weighted by Crippen LogP contribution is -2.41. The van der Waals surface area contributed by atoms with Gasteiger partial charge in [0.05, 0.1) is 11.1 Å². The van der Waals surface area contributed by atoms with Gasteiger partial charge in [-0.2, -0.15) is 4.68 Å². The van der Waals surface area contributed by atoms with Gasteiger partial charge in [0.2, 0.25) is 5.88 Å². The Kier molecular flexibility index (Phi) is 5.39. The van der Waals surface area contributed by atoms with Crippen molar-refractivity contribution in [3.8, 4) is 5.88 Å². The molecule has 0 unspecified atom stereocenters. The van der Waals surface area contributed by atoms with Gasteiger partial charge in [-0.15, -0.1) is 0 Å². The highest BCUT2D eigenvalue weighted by Gasteiger charge is 2.28. The van der Waals surface area contributed by atoms with Gasteiger partial charge in [0.25, 0.3) is 10.0 Å². The number of carbonyl (C=O) groups is 1. The molecule has 0 fully saturated rings. The highest BCUT2D eigenvalue weighted by atomic mass is 32.2. The van der Waals surface area contributed by atoms with Crippen molar-refractivity contribution >= 4 is 16.1 Å². The molecule has 1 heterocycles. The van der Waals surface area contributed by atoms with Crippen molar-refractivity contribution < 1.29 is 18.3 Å². The van der Waals surface area contributed by atoms with Crippen LogP contribution in [-0.4, -0.2) is 28.9 Å². The zero-order valence-corrected chi connectivity index (χ0v) is 17.5. The molecule has 158 valence electrons. The van der Waals surface area contributed by atoms with Crippen molar-refractivity contribution in [1.29, 1.82) is 0 Å². The Morgan fingerprint density at radius 3 is 1.87 bits per heavy atom. The third-order valence-corrected chi connectivity index (χ3v) is 6.27. The molecule has 0 bridgehead atoms. The zero-order chi connectivity index (χ0) is 22.0. The molecule has 0 aliphatic carbocycles.